The molecule has 0 amide bonds. The van der Waals surface area contributed by atoms with Crippen molar-refractivity contribution in [3.05, 3.63) is 0 Å². The summed E-state index contributed by atoms with van der Waals surface area (Å²) in [6.07, 6.45) is 3.00. The van der Waals surface area contributed by atoms with E-state index in [1.165, 1.54) is 0 Å². The zero-order chi connectivity index (χ0) is 7.40. The van der Waals surface area contributed by atoms with Gasteiger partial charge in [-0.1, -0.05) is 11.2 Å². The molecule has 0 aromatic carbocycles. The number of hydrogen-bond acceptors (Lipinski definition) is 2. The summed E-state index contributed by atoms with van der Waals surface area (Å²) < 4.78 is 10.9. The fourth-order valence-electron chi connectivity index (χ4n) is 1.31. The Morgan fingerprint density at radius 3 is 2.50 bits per heavy atom. The van der Waals surface area contributed by atoms with Gasteiger partial charge in [0.25, 0.3) is 0 Å². The molecular weight excluding hydrogens is 148 g/mol. The average molecular weight is 162 g/mol. The Labute approximate surface area is 64.8 Å². The Morgan fingerprint density at radius 1 is 1.40 bits per heavy atom. The van der Waals surface area contributed by atoms with Crippen LogP contribution in [0.5, 0.6) is 0 Å². The van der Waals surface area contributed by atoms with Crippen molar-refractivity contribution in [3.63, 3.8) is 0 Å². The van der Waals surface area contributed by atoms with Gasteiger partial charge in [0.1, 0.15) is 11.5 Å². The maximum atomic E-state index is 10.9. The summed E-state index contributed by atoms with van der Waals surface area (Å²) in [5, 5.41) is 8.61. The van der Waals surface area contributed by atoms with Crippen LogP contribution in [0.1, 0.15) is 19.3 Å². The second-order valence-electron chi connectivity index (χ2n) is 2.80. The summed E-state index contributed by atoms with van der Waals surface area (Å²) >= 11 is -0.546. The normalized spacial score (nSPS) is 34.2. The average Bonchev–Trinajstić information content (AvgIpc) is 1.95. The molecule has 0 aliphatic carbocycles. The lowest BCUT2D eigenvalue weighted by atomic mass is 10.00. The van der Waals surface area contributed by atoms with Crippen LogP contribution in [-0.4, -0.2) is 27.8 Å². The summed E-state index contributed by atoms with van der Waals surface area (Å²) in [4.78, 5) is 0. The number of rotatable bonds is 2. The van der Waals surface area contributed by atoms with Crippen molar-refractivity contribution in [1.82, 2.24) is 0 Å². The van der Waals surface area contributed by atoms with Gasteiger partial charge in [-0.05, 0) is 25.2 Å². The van der Waals surface area contributed by atoms with Crippen molar-refractivity contribution in [2.75, 3.05) is 18.1 Å². The molecule has 0 bridgehead atoms. The first-order valence-corrected chi connectivity index (χ1v) is 5.27. The molecule has 10 heavy (non-hydrogen) atoms. The van der Waals surface area contributed by atoms with Gasteiger partial charge in [0.2, 0.25) is 0 Å². The molecule has 0 spiro atoms. The lowest BCUT2D eigenvalue weighted by Crippen LogP contribution is -2.23. The van der Waals surface area contributed by atoms with Gasteiger partial charge in [0.05, 0.1) is 0 Å². The molecule has 1 N–H and O–H groups in total. The smallest absolute Gasteiger partial charge is 0.105 e. The number of hydrogen-bond donors (Lipinski definition) is 1. The number of aliphatic hydroxyl groups excluding tert-OH is 1. The van der Waals surface area contributed by atoms with Crippen LogP contribution >= 0.6 is 0 Å². The highest BCUT2D eigenvalue weighted by molar-refractivity contribution is 7.91. The van der Waals surface area contributed by atoms with Gasteiger partial charge < -0.3 is 9.66 Å². The monoisotopic (exact) mass is 162 g/mol. The first-order chi connectivity index (χ1) is 4.83. The fourth-order valence-corrected chi connectivity index (χ4v) is 2.71. The number of aliphatic hydroxyl groups is 1. The van der Waals surface area contributed by atoms with Crippen LogP contribution in [-0.2, 0) is 11.2 Å². The molecule has 1 aliphatic heterocycles. The van der Waals surface area contributed by atoms with E-state index in [9.17, 15) is 4.55 Å². The van der Waals surface area contributed by atoms with Gasteiger partial charge in [0.15, 0.2) is 0 Å². The standard InChI is InChI=1S/C7H14O2S/c8-4-1-7-2-5-10(9)6-3-7/h7-8H,1-6H2. The van der Waals surface area contributed by atoms with E-state index >= 15 is 0 Å². The van der Waals surface area contributed by atoms with Crippen LogP contribution in [0.15, 0.2) is 0 Å². The van der Waals surface area contributed by atoms with Crippen molar-refractivity contribution in [2.45, 2.75) is 19.3 Å². The van der Waals surface area contributed by atoms with Crippen molar-refractivity contribution in [2.24, 2.45) is 5.92 Å². The van der Waals surface area contributed by atoms with Crippen LogP contribution in [0, 0.1) is 5.92 Å². The largest absolute Gasteiger partial charge is 0.616 e. The molecule has 0 radical (unpaired) electrons. The summed E-state index contributed by atoms with van der Waals surface area (Å²) in [5.74, 6) is 2.35. The Morgan fingerprint density at radius 2 is 2.00 bits per heavy atom. The van der Waals surface area contributed by atoms with Gasteiger partial charge in [-0.2, -0.15) is 0 Å². The topological polar surface area (TPSA) is 43.3 Å². The zero-order valence-corrected chi connectivity index (χ0v) is 6.90. The molecule has 1 aliphatic rings. The summed E-state index contributed by atoms with van der Waals surface area (Å²) in [6, 6.07) is 0. The maximum Gasteiger partial charge on any atom is 0.105 e. The molecule has 0 unspecified atom stereocenters. The summed E-state index contributed by atoms with van der Waals surface area (Å²) in [6.45, 7) is 0.289. The van der Waals surface area contributed by atoms with E-state index in [0.29, 0.717) is 5.92 Å². The first kappa shape index (κ1) is 8.37. The SMILES string of the molecule is [O-][S+]1CCC(CCO)CC1. The molecule has 1 rings (SSSR count). The molecular formula is C7H14O2S. The van der Waals surface area contributed by atoms with Gasteiger partial charge in [-0.3, -0.25) is 0 Å². The van der Waals surface area contributed by atoms with Gasteiger partial charge in [-0.25, -0.2) is 0 Å². The predicted octanol–water partition coefficient (Wildman–Crippen LogP) is 0.528. The molecule has 0 saturated carbocycles. The van der Waals surface area contributed by atoms with E-state index in [1.54, 1.807) is 0 Å². The maximum absolute atomic E-state index is 10.9. The minimum Gasteiger partial charge on any atom is -0.616 e. The molecule has 0 atom stereocenters. The second kappa shape index (κ2) is 4.21. The molecule has 1 heterocycles. The molecule has 0 aromatic heterocycles. The summed E-state index contributed by atoms with van der Waals surface area (Å²) in [7, 11) is 0. The van der Waals surface area contributed by atoms with E-state index < -0.39 is 11.2 Å². The second-order valence-corrected chi connectivity index (χ2v) is 4.50. The van der Waals surface area contributed by atoms with Crippen molar-refractivity contribution in [1.29, 1.82) is 0 Å². The Hall–Kier alpha value is 0.270. The third-order valence-electron chi connectivity index (χ3n) is 2.04. The van der Waals surface area contributed by atoms with Gasteiger partial charge in [0, 0.05) is 6.61 Å². The van der Waals surface area contributed by atoms with E-state index in [2.05, 4.69) is 0 Å². The Balaban J connectivity index is 2.13. The highest BCUT2D eigenvalue weighted by Crippen LogP contribution is 2.20. The molecule has 0 aromatic rings. The lowest BCUT2D eigenvalue weighted by molar-refractivity contribution is 0.250. The predicted molar refractivity (Wildman–Crippen MR) is 42.3 cm³/mol. The minimum absolute atomic E-state index is 0.289. The minimum atomic E-state index is -0.546. The van der Waals surface area contributed by atoms with E-state index in [-0.39, 0.29) is 6.61 Å². The molecule has 1 fully saturated rings. The molecule has 3 heteroatoms. The Bertz CT molecular complexity index is 89.6. The van der Waals surface area contributed by atoms with Crippen LogP contribution in [0.2, 0.25) is 0 Å². The van der Waals surface area contributed by atoms with Crippen LogP contribution < -0.4 is 0 Å². The summed E-state index contributed by atoms with van der Waals surface area (Å²) in [5.41, 5.74) is 0. The van der Waals surface area contributed by atoms with Crippen LogP contribution in [0.25, 0.3) is 0 Å². The lowest BCUT2D eigenvalue weighted by Gasteiger charge is -2.23. The van der Waals surface area contributed by atoms with E-state index in [4.69, 9.17) is 5.11 Å². The van der Waals surface area contributed by atoms with Crippen LogP contribution in [0.4, 0.5) is 0 Å². The van der Waals surface area contributed by atoms with Gasteiger partial charge in [-0.15, -0.1) is 0 Å². The fraction of sp³-hybridized carbons (Fsp3) is 1.00. The molecule has 60 valence electrons. The van der Waals surface area contributed by atoms with E-state index in [1.807, 2.05) is 0 Å². The van der Waals surface area contributed by atoms with Crippen LogP contribution in [0.3, 0.4) is 0 Å². The first-order valence-electron chi connectivity index (χ1n) is 3.78. The van der Waals surface area contributed by atoms with Crippen molar-refractivity contribution >= 4 is 11.2 Å². The van der Waals surface area contributed by atoms with Gasteiger partial charge >= 0.3 is 0 Å². The molecule has 1 saturated heterocycles. The highest BCUT2D eigenvalue weighted by atomic mass is 32.2. The van der Waals surface area contributed by atoms with E-state index in [0.717, 1.165) is 30.8 Å². The third kappa shape index (κ3) is 2.48. The van der Waals surface area contributed by atoms with Crippen molar-refractivity contribution < 1.29 is 9.66 Å². The zero-order valence-electron chi connectivity index (χ0n) is 6.08. The molecule has 2 nitrogen and oxygen atoms in total. The highest BCUT2D eigenvalue weighted by Gasteiger charge is 2.20. The third-order valence-corrected chi connectivity index (χ3v) is 3.43. The van der Waals surface area contributed by atoms with Crippen molar-refractivity contribution in [3.8, 4) is 0 Å². The quantitative estimate of drug-likeness (QED) is 0.602. The Kier molecular flexibility index (Phi) is 3.52.